The first kappa shape index (κ1) is 15.1. The van der Waals surface area contributed by atoms with Crippen molar-refractivity contribution in [1.82, 2.24) is 5.32 Å². The summed E-state index contributed by atoms with van der Waals surface area (Å²) in [5, 5.41) is 2.31. The summed E-state index contributed by atoms with van der Waals surface area (Å²) in [5.74, 6) is -1.47. The smallest absolute Gasteiger partial charge is 0.419 e. The number of rotatable bonds is 3. The van der Waals surface area contributed by atoms with Gasteiger partial charge in [-0.15, -0.1) is 0 Å². The lowest BCUT2D eigenvalue weighted by atomic mass is 10.1. The average Bonchev–Trinajstić information content (AvgIpc) is 2.80. The number of nitrogens with one attached hydrogen (secondary N) is 1. The quantitative estimate of drug-likeness (QED) is 0.879. The molecule has 0 saturated heterocycles. The molecule has 7 heteroatoms. The lowest BCUT2D eigenvalue weighted by Gasteiger charge is -2.11. The monoisotopic (exact) mass is 301 g/mol. The van der Waals surface area contributed by atoms with E-state index in [0.29, 0.717) is 17.6 Å². The van der Waals surface area contributed by atoms with E-state index in [0.717, 1.165) is 12.1 Å². The molecule has 0 fully saturated rings. The predicted octanol–water partition coefficient (Wildman–Crippen LogP) is 3.68. The second-order valence-electron chi connectivity index (χ2n) is 4.36. The van der Waals surface area contributed by atoms with E-state index < -0.39 is 29.0 Å². The Morgan fingerprint density at radius 2 is 1.95 bits per heavy atom. The van der Waals surface area contributed by atoms with Crippen molar-refractivity contribution in [3.63, 3.8) is 0 Å². The Hall–Kier alpha value is -2.31. The summed E-state index contributed by atoms with van der Waals surface area (Å²) in [7, 11) is 0. The summed E-state index contributed by atoms with van der Waals surface area (Å²) in [6.07, 6.45) is -4.85. The Kier molecular flexibility index (Phi) is 4.02. The van der Waals surface area contributed by atoms with E-state index >= 15 is 0 Å². The Labute approximate surface area is 117 Å². The second kappa shape index (κ2) is 5.59. The lowest BCUT2D eigenvalue weighted by Crippen LogP contribution is -2.24. The standard InChI is InChI=1S/C14H11F4NO2/c1-8-5-6-9(21-8)7-19-13(20)10-3-2-4-11(12(10)15)14(16,17)18/h2-6H,7H2,1H3,(H,19,20). The van der Waals surface area contributed by atoms with Crippen molar-refractivity contribution in [2.24, 2.45) is 0 Å². The fourth-order valence-corrected chi connectivity index (χ4v) is 1.77. The van der Waals surface area contributed by atoms with E-state index in [2.05, 4.69) is 5.32 Å². The molecule has 0 bridgehead atoms. The molecule has 2 aromatic rings. The van der Waals surface area contributed by atoms with E-state index in [4.69, 9.17) is 4.42 Å². The number of aryl methyl sites for hydroxylation is 1. The highest BCUT2D eigenvalue weighted by Crippen LogP contribution is 2.32. The average molecular weight is 301 g/mol. The van der Waals surface area contributed by atoms with Gasteiger partial charge in [0.05, 0.1) is 17.7 Å². The first-order chi connectivity index (χ1) is 9.79. The van der Waals surface area contributed by atoms with Gasteiger partial charge in [-0.25, -0.2) is 4.39 Å². The molecule has 1 aromatic heterocycles. The third-order valence-corrected chi connectivity index (χ3v) is 2.77. The molecule has 112 valence electrons. The van der Waals surface area contributed by atoms with E-state index in [-0.39, 0.29) is 6.54 Å². The molecule has 1 heterocycles. The minimum Gasteiger partial charge on any atom is -0.465 e. The number of alkyl halides is 3. The van der Waals surface area contributed by atoms with Gasteiger partial charge in [0.25, 0.3) is 5.91 Å². The zero-order valence-electron chi connectivity index (χ0n) is 10.9. The summed E-state index contributed by atoms with van der Waals surface area (Å²) >= 11 is 0. The number of hydrogen-bond acceptors (Lipinski definition) is 2. The summed E-state index contributed by atoms with van der Waals surface area (Å²) in [4.78, 5) is 11.8. The molecular weight excluding hydrogens is 290 g/mol. The van der Waals surface area contributed by atoms with Crippen molar-refractivity contribution in [2.75, 3.05) is 0 Å². The van der Waals surface area contributed by atoms with Gasteiger partial charge in [0.15, 0.2) is 0 Å². The van der Waals surface area contributed by atoms with E-state index in [1.54, 1.807) is 19.1 Å². The molecule has 2 rings (SSSR count). The minimum absolute atomic E-state index is 0.0393. The van der Waals surface area contributed by atoms with Gasteiger partial charge in [-0.2, -0.15) is 13.2 Å². The minimum atomic E-state index is -4.85. The van der Waals surface area contributed by atoms with Gasteiger partial charge in [0.1, 0.15) is 17.3 Å². The van der Waals surface area contributed by atoms with Crippen LogP contribution in [0.2, 0.25) is 0 Å². The van der Waals surface area contributed by atoms with Gasteiger partial charge >= 0.3 is 6.18 Å². The molecule has 0 aliphatic rings. The van der Waals surface area contributed by atoms with Gasteiger partial charge in [-0.05, 0) is 31.2 Å². The van der Waals surface area contributed by atoms with Gasteiger partial charge in [-0.3, -0.25) is 4.79 Å². The number of hydrogen-bond donors (Lipinski definition) is 1. The molecule has 0 aliphatic carbocycles. The maximum Gasteiger partial charge on any atom is 0.419 e. The molecule has 0 atom stereocenters. The van der Waals surface area contributed by atoms with Crippen molar-refractivity contribution in [1.29, 1.82) is 0 Å². The molecule has 1 N–H and O–H groups in total. The zero-order chi connectivity index (χ0) is 15.6. The number of furan rings is 1. The van der Waals surface area contributed by atoms with Crippen LogP contribution in [0.25, 0.3) is 0 Å². The Bertz CT molecular complexity index is 661. The molecule has 1 amide bonds. The fraction of sp³-hybridized carbons (Fsp3) is 0.214. The van der Waals surface area contributed by atoms with Crippen LogP contribution in [0.3, 0.4) is 0 Å². The molecule has 3 nitrogen and oxygen atoms in total. The molecule has 0 saturated carbocycles. The van der Waals surface area contributed by atoms with Crippen molar-refractivity contribution < 1.29 is 26.8 Å². The number of benzene rings is 1. The Balaban J connectivity index is 2.16. The van der Waals surface area contributed by atoms with Gasteiger partial charge in [0.2, 0.25) is 0 Å². The Morgan fingerprint density at radius 1 is 1.24 bits per heavy atom. The van der Waals surface area contributed by atoms with Crippen LogP contribution in [-0.4, -0.2) is 5.91 Å². The first-order valence-electron chi connectivity index (χ1n) is 5.98. The third kappa shape index (κ3) is 3.42. The van der Waals surface area contributed by atoms with Crippen LogP contribution < -0.4 is 5.32 Å². The van der Waals surface area contributed by atoms with Crippen LogP contribution in [-0.2, 0) is 12.7 Å². The Morgan fingerprint density at radius 3 is 2.52 bits per heavy atom. The predicted molar refractivity (Wildman–Crippen MR) is 66.0 cm³/mol. The lowest BCUT2D eigenvalue weighted by molar-refractivity contribution is -0.140. The number of carbonyl (C=O) groups is 1. The van der Waals surface area contributed by atoms with Crippen LogP contribution in [0.5, 0.6) is 0 Å². The second-order valence-corrected chi connectivity index (χ2v) is 4.36. The number of carbonyl (C=O) groups excluding carboxylic acids is 1. The molecule has 0 spiro atoms. The van der Waals surface area contributed by atoms with Gasteiger partial charge in [-0.1, -0.05) is 6.07 Å². The molecule has 0 radical (unpaired) electrons. The van der Waals surface area contributed by atoms with Crippen molar-refractivity contribution in [3.05, 3.63) is 58.8 Å². The van der Waals surface area contributed by atoms with Crippen molar-refractivity contribution >= 4 is 5.91 Å². The van der Waals surface area contributed by atoms with Crippen LogP contribution in [0.4, 0.5) is 17.6 Å². The number of amides is 1. The van der Waals surface area contributed by atoms with Crippen LogP contribution in [0, 0.1) is 12.7 Å². The SMILES string of the molecule is Cc1ccc(CNC(=O)c2cccc(C(F)(F)F)c2F)o1. The molecule has 1 aromatic carbocycles. The topological polar surface area (TPSA) is 42.2 Å². The maximum absolute atomic E-state index is 13.7. The zero-order valence-corrected chi connectivity index (χ0v) is 10.9. The van der Waals surface area contributed by atoms with Crippen molar-refractivity contribution in [2.45, 2.75) is 19.6 Å². The van der Waals surface area contributed by atoms with E-state index in [1.165, 1.54) is 0 Å². The van der Waals surface area contributed by atoms with E-state index in [9.17, 15) is 22.4 Å². The van der Waals surface area contributed by atoms with Gasteiger partial charge < -0.3 is 9.73 Å². The highest BCUT2D eigenvalue weighted by atomic mass is 19.4. The molecule has 0 aliphatic heterocycles. The molecule has 0 unspecified atom stereocenters. The summed E-state index contributed by atoms with van der Waals surface area (Å²) in [5.41, 5.74) is -2.13. The number of halogens is 4. The summed E-state index contributed by atoms with van der Waals surface area (Å²) in [6, 6.07) is 5.84. The maximum atomic E-state index is 13.7. The highest BCUT2D eigenvalue weighted by Gasteiger charge is 2.35. The summed E-state index contributed by atoms with van der Waals surface area (Å²) in [6.45, 7) is 1.67. The largest absolute Gasteiger partial charge is 0.465 e. The van der Waals surface area contributed by atoms with Crippen LogP contribution in [0.15, 0.2) is 34.7 Å². The van der Waals surface area contributed by atoms with Crippen LogP contribution >= 0.6 is 0 Å². The highest BCUT2D eigenvalue weighted by molar-refractivity contribution is 5.94. The molecule has 21 heavy (non-hydrogen) atoms. The van der Waals surface area contributed by atoms with Gasteiger partial charge in [0, 0.05) is 0 Å². The molecular formula is C14H11F4NO2. The van der Waals surface area contributed by atoms with Crippen LogP contribution in [0.1, 0.15) is 27.4 Å². The summed E-state index contributed by atoms with van der Waals surface area (Å²) < 4.78 is 56.6. The van der Waals surface area contributed by atoms with Crippen molar-refractivity contribution in [3.8, 4) is 0 Å². The van der Waals surface area contributed by atoms with E-state index in [1.807, 2.05) is 0 Å². The first-order valence-corrected chi connectivity index (χ1v) is 5.98. The third-order valence-electron chi connectivity index (χ3n) is 2.77. The fourth-order valence-electron chi connectivity index (χ4n) is 1.77. The normalized spacial score (nSPS) is 11.5.